The first-order valence-electron chi connectivity index (χ1n) is 4.89. The molecule has 0 amide bonds. The first-order chi connectivity index (χ1) is 7.34. The predicted molar refractivity (Wildman–Crippen MR) is 52.9 cm³/mol. The number of rotatable bonds is 2. The number of carbonyl (C=O) groups excluding carboxylic acids is 1. The lowest BCUT2D eigenvalue weighted by Crippen LogP contribution is -2.06. The fourth-order valence-electron chi connectivity index (χ4n) is 1.59. The summed E-state index contributed by atoms with van der Waals surface area (Å²) in [7, 11) is 0. The van der Waals surface area contributed by atoms with Gasteiger partial charge in [0.15, 0.2) is 0 Å². The summed E-state index contributed by atoms with van der Waals surface area (Å²) in [4.78, 5) is 16.1. The van der Waals surface area contributed by atoms with E-state index in [1.54, 1.807) is 24.5 Å². The smallest absolute Gasteiger partial charge is 0.367 e. The van der Waals surface area contributed by atoms with E-state index in [2.05, 4.69) is 9.99 Å². The average Bonchev–Trinajstić information content (AvgIpc) is 2.82. The van der Waals surface area contributed by atoms with Crippen LogP contribution in [0.1, 0.15) is 18.6 Å². The van der Waals surface area contributed by atoms with Gasteiger partial charge in [0.2, 0.25) is 0 Å². The molecular formula is C11H9NO3. The molecular weight excluding hydrogens is 194 g/mol. The molecule has 0 N–H and O–H groups in total. The molecule has 4 nitrogen and oxygen atoms in total. The van der Waals surface area contributed by atoms with Crippen LogP contribution in [0.25, 0.3) is 6.08 Å². The maximum atomic E-state index is 11.4. The van der Waals surface area contributed by atoms with Crippen molar-refractivity contribution in [3.05, 3.63) is 29.7 Å². The highest BCUT2D eigenvalue weighted by molar-refractivity contribution is 6.26. The van der Waals surface area contributed by atoms with Gasteiger partial charge in [-0.15, -0.1) is 0 Å². The van der Waals surface area contributed by atoms with Crippen LogP contribution in [0, 0.1) is 5.92 Å². The van der Waals surface area contributed by atoms with Gasteiger partial charge in [0.05, 0.1) is 17.5 Å². The van der Waals surface area contributed by atoms with E-state index in [4.69, 9.17) is 4.42 Å². The van der Waals surface area contributed by atoms with E-state index in [9.17, 15) is 4.79 Å². The second kappa shape index (κ2) is 3.08. The van der Waals surface area contributed by atoms with Crippen LogP contribution in [-0.2, 0) is 9.63 Å². The Labute approximate surface area is 86.2 Å². The third-order valence-corrected chi connectivity index (χ3v) is 2.52. The molecule has 0 aromatic carbocycles. The summed E-state index contributed by atoms with van der Waals surface area (Å²) in [5, 5.41) is 3.80. The summed E-state index contributed by atoms with van der Waals surface area (Å²) in [5.41, 5.74) is 1.31. The first-order valence-corrected chi connectivity index (χ1v) is 4.89. The molecule has 0 radical (unpaired) electrons. The quantitative estimate of drug-likeness (QED) is 0.545. The molecule has 3 rings (SSSR count). The molecule has 1 fully saturated rings. The van der Waals surface area contributed by atoms with Crippen molar-refractivity contribution in [1.82, 2.24) is 0 Å². The van der Waals surface area contributed by atoms with Gasteiger partial charge in [-0.3, -0.25) is 0 Å². The average molecular weight is 203 g/mol. The van der Waals surface area contributed by atoms with E-state index in [0.29, 0.717) is 17.3 Å². The molecule has 1 aliphatic heterocycles. The van der Waals surface area contributed by atoms with Gasteiger partial charge in [-0.25, -0.2) is 4.79 Å². The zero-order chi connectivity index (χ0) is 10.3. The minimum Gasteiger partial charge on any atom is -0.465 e. The maximum absolute atomic E-state index is 11.4. The molecule has 0 spiro atoms. The highest BCUT2D eigenvalue weighted by Crippen LogP contribution is 2.36. The van der Waals surface area contributed by atoms with Gasteiger partial charge < -0.3 is 9.25 Å². The lowest BCUT2D eigenvalue weighted by molar-refractivity contribution is -0.136. The van der Waals surface area contributed by atoms with Gasteiger partial charge in [-0.05, 0) is 31.1 Å². The van der Waals surface area contributed by atoms with Gasteiger partial charge in [0, 0.05) is 5.92 Å². The van der Waals surface area contributed by atoms with Gasteiger partial charge in [-0.1, -0.05) is 5.16 Å². The first kappa shape index (κ1) is 8.47. The van der Waals surface area contributed by atoms with E-state index < -0.39 is 0 Å². The van der Waals surface area contributed by atoms with Crippen LogP contribution in [0.15, 0.2) is 33.5 Å². The lowest BCUT2D eigenvalue weighted by Gasteiger charge is -1.94. The number of oxime groups is 1. The summed E-state index contributed by atoms with van der Waals surface area (Å²) in [5.74, 6) is 0.670. The molecule has 1 aromatic rings. The normalized spacial score (nSPS) is 23.1. The Kier molecular flexibility index (Phi) is 1.74. The molecule has 1 aromatic heterocycles. The number of nitrogens with zero attached hydrogens (tertiary/aromatic N) is 1. The molecule has 0 unspecified atom stereocenters. The molecule has 0 atom stereocenters. The van der Waals surface area contributed by atoms with Crippen LogP contribution in [0.2, 0.25) is 0 Å². The van der Waals surface area contributed by atoms with Crippen molar-refractivity contribution in [3.63, 3.8) is 0 Å². The Hall–Kier alpha value is -1.84. The SMILES string of the molecule is O=C1ON=C(C2CC2)/C1=C/c1ccco1. The molecule has 0 saturated heterocycles. The second-order valence-electron chi connectivity index (χ2n) is 3.70. The zero-order valence-electron chi connectivity index (χ0n) is 7.97. The molecule has 1 saturated carbocycles. The predicted octanol–water partition coefficient (Wildman–Crippen LogP) is 1.99. The van der Waals surface area contributed by atoms with Crippen LogP contribution in [0.4, 0.5) is 0 Å². The summed E-state index contributed by atoms with van der Waals surface area (Å²) >= 11 is 0. The Bertz CT molecular complexity index is 452. The second-order valence-corrected chi connectivity index (χ2v) is 3.70. The Balaban J connectivity index is 1.95. The highest BCUT2D eigenvalue weighted by Gasteiger charge is 2.37. The van der Waals surface area contributed by atoms with Crippen LogP contribution in [0.5, 0.6) is 0 Å². The van der Waals surface area contributed by atoms with Gasteiger partial charge >= 0.3 is 5.97 Å². The minimum absolute atomic E-state index is 0.381. The van der Waals surface area contributed by atoms with Crippen LogP contribution < -0.4 is 0 Å². The van der Waals surface area contributed by atoms with Crippen molar-refractivity contribution >= 4 is 17.8 Å². The number of carbonyl (C=O) groups is 1. The standard InChI is InChI=1S/C11H9NO3/c13-11-9(6-8-2-1-5-14-8)10(12-15-11)7-3-4-7/h1-2,5-7H,3-4H2/b9-6-. The monoisotopic (exact) mass is 203 g/mol. The number of hydrogen-bond donors (Lipinski definition) is 0. The summed E-state index contributed by atoms with van der Waals surface area (Å²) < 4.78 is 5.15. The topological polar surface area (TPSA) is 51.8 Å². The van der Waals surface area contributed by atoms with Crippen molar-refractivity contribution in [1.29, 1.82) is 0 Å². The number of furan rings is 1. The fraction of sp³-hybridized carbons (Fsp3) is 0.273. The van der Waals surface area contributed by atoms with Gasteiger partial charge in [0.25, 0.3) is 0 Å². The minimum atomic E-state index is -0.381. The van der Waals surface area contributed by atoms with Gasteiger partial charge in [-0.2, -0.15) is 0 Å². The van der Waals surface area contributed by atoms with E-state index in [-0.39, 0.29) is 5.97 Å². The van der Waals surface area contributed by atoms with Crippen molar-refractivity contribution < 1.29 is 14.0 Å². The third-order valence-electron chi connectivity index (χ3n) is 2.52. The van der Waals surface area contributed by atoms with Crippen molar-refractivity contribution in [2.75, 3.05) is 0 Å². The Morgan fingerprint density at radius 2 is 2.33 bits per heavy atom. The van der Waals surface area contributed by atoms with E-state index in [1.165, 1.54) is 0 Å². The summed E-state index contributed by atoms with van der Waals surface area (Å²) in [6.45, 7) is 0. The van der Waals surface area contributed by atoms with Crippen molar-refractivity contribution in [3.8, 4) is 0 Å². The molecule has 76 valence electrons. The zero-order valence-corrected chi connectivity index (χ0v) is 7.97. The van der Waals surface area contributed by atoms with Crippen LogP contribution in [0.3, 0.4) is 0 Å². The highest BCUT2D eigenvalue weighted by atomic mass is 16.7. The van der Waals surface area contributed by atoms with Crippen molar-refractivity contribution in [2.24, 2.45) is 11.1 Å². The summed E-state index contributed by atoms with van der Waals surface area (Å²) in [6.07, 6.45) is 5.43. The Morgan fingerprint density at radius 1 is 1.47 bits per heavy atom. The number of hydrogen-bond acceptors (Lipinski definition) is 4. The molecule has 15 heavy (non-hydrogen) atoms. The van der Waals surface area contributed by atoms with E-state index in [0.717, 1.165) is 18.6 Å². The van der Waals surface area contributed by atoms with E-state index >= 15 is 0 Å². The molecule has 2 aliphatic rings. The summed E-state index contributed by atoms with van der Waals surface area (Å²) in [6, 6.07) is 3.57. The molecule has 2 heterocycles. The largest absolute Gasteiger partial charge is 0.465 e. The molecule has 0 bridgehead atoms. The molecule has 4 heteroatoms. The van der Waals surface area contributed by atoms with Crippen LogP contribution >= 0.6 is 0 Å². The van der Waals surface area contributed by atoms with Crippen LogP contribution in [-0.4, -0.2) is 11.7 Å². The van der Waals surface area contributed by atoms with Gasteiger partial charge in [0.1, 0.15) is 5.76 Å². The van der Waals surface area contributed by atoms with Crippen molar-refractivity contribution in [2.45, 2.75) is 12.8 Å². The van der Waals surface area contributed by atoms with E-state index in [1.807, 2.05) is 0 Å². The lowest BCUT2D eigenvalue weighted by atomic mass is 10.1. The third kappa shape index (κ3) is 1.48. The fourth-order valence-corrected chi connectivity index (χ4v) is 1.59. The maximum Gasteiger partial charge on any atom is 0.367 e. The Morgan fingerprint density at radius 3 is 3.00 bits per heavy atom. The molecule has 1 aliphatic carbocycles.